The number of carbonyl (C=O) groups excluding carboxylic acids is 2. The maximum Gasteiger partial charge on any atom is 0.417 e. The average Bonchev–Trinajstić information content (AvgIpc) is 3.27. The lowest BCUT2D eigenvalue weighted by Crippen LogP contribution is -2.34. The summed E-state index contributed by atoms with van der Waals surface area (Å²) < 4.78 is 12.4. The van der Waals surface area contributed by atoms with Crippen LogP contribution in [0.1, 0.15) is 20.8 Å². The molecule has 0 aliphatic rings. The molecular formula is C25H24N6O6. The van der Waals surface area contributed by atoms with Crippen LogP contribution in [-0.2, 0) is 4.74 Å². The van der Waals surface area contributed by atoms with Crippen LogP contribution in [0.3, 0.4) is 0 Å². The second kappa shape index (κ2) is 9.93. The van der Waals surface area contributed by atoms with Crippen LogP contribution >= 0.6 is 0 Å². The number of benzene rings is 2. The van der Waals surface area contributed by atoms with Gasteiger partial charge in [0.2, 0.25) is 0 Å². The van der Waals surface area contributed by atoms with E-state index in [1.54, 1.807) is 75.1 Å². The van der Waals surface area contributed by atoms with Crippen molar-refractivity contribution in [2.24, 2.45) is 0 Å². The number of non-ortho nitro benzene ring substituents is 1. The molecule has 12 nitrogen and oxygen atoms in total. The Labute approximate surface area is 211 Å². The van der Waals surface area contributed by atoms with E-state index >= 15 is 0 Å². The molecule has 2 heterocycles. The van der Waals surface area contributed by atoms with Crippen LogP contribution in [0, 0.1) is 10.1 Å². The maximum atomic E-state index is 12.5. The van der Waals surface area contributed by atoms with Crippen molar-refractivity contribution in [1.82, 2.24) is 14.4 Å². The standard InChI is InChI=1S/C25H24N6O6/c1-25(2,3)37-24(33)29(4)21-22-27-15-20(30(22)14-13-26-21)16-5-7-17(8-6-16)28-23(32)36-19-11-9-18(10-12-19)31(34)35/h5-15H,1-4H3,(H,28,32). The number of anilines is 2. The number of hydrogen-bond acceptors (Lipinski definition) is 8. The molecule has 0 aliphatic carbocycles. The van der Waals surface area contributed by atoms with E-state index in [0.29, 0.717) is 17.2 Å². The summed E-state index contributed by atoms with van der Waals surface area (Å²) >= 11 is 0. The molecule has 4 rings (SSSR count). The monoisotopic (exact) mass is 504 g/mol. The summed E-state index contributed by atoms with van der Waals surface area (Å²) in [6.45, 7) is 5.36. The van der Waals surface area contributed by atoms with Gasteiger partial charge in [-0.2, -0.15) is 0 Å². The molecule has 2 aromatic carbocycles. The van der Waals surface area contributed by atoms with Crippen molar-refractivity contribution < 1.29 is 24.0 Å². The molecule has 1 N–H and O–H groups in total. The molecule has 0 spiro atoms. The lowest BCUT2D eigenvalue weighted by molar-refractivity contribution is -0.384. The number of nitro benzene ring substituents is 1. The van der Waals surface area contributed by atoms with Crippen LogP contribution in [0.25, 0.3) is 16.9 Å². The van der Waals surface area contributed by atoms with Gasteiger partial charge >= 0.3 is 12.2 Å². The molecule has 37 heavy (non-hydrogen) atoms. The number of rotatable bonds is 5. The molecule has 190 valence electrons. The van der Waals surface area contributed by atoms with Crippen molar-refractivity contribution in [1.29, 1.82) is 0 Å². The number of amides is 2. The Morgan fingerprint density at radius 2 is 1.73 bits per heavy atom. The van der Waals surface area contributed by atoms with E-state index in [-0.39, 0.29) is 11.4 Å². The van der Waals surface area contributed by atoms with E-state index in [9.17, 15) is 19.7 Å². The molecule has 0 bridgehead atoms. The molecule has 0 fully saturated rings. The molecule has 0 saturated heterocycles. The summed E-state index contributed by atoms with van der Waals surface area (Å²) in [6, 6.07) is 12.2. The highest BCUT2D eigenvalue weighted by Gasteiger charge is 2.24. The molecule has 0 unspecified atom stereocenters. The summed E-state index contributed by atoms with van der Waals surface area (Å²) in [5.41, 5.74) is 1.75. The number of nitro groups is 1. The molecule has 12 heteroatoms. The van der Waals surface area contributed by atoms with E-state index in [4.69, 9.17) is 9.47 Å². The number of hydrogen-bond donors (Lipinski definition) is 1. The van der Waals surface area contributed by atoms with Gasteiger partial charge in [-0.25, -0.2) is 19.6 Å². The predicted octanol–water partition coefficient (Wildman–Crippen LogP) is 5.29. The summed E-state index contributed by atoms with van der Waals surface area (Å²) in [4.78, 5) is 45.0. The smallest absolute Gasteiger partial charge is 0.417 e. The second-order valence-electron chi connectivity index (χ2n) is 8.97. The fourth-order valence-corrected chi connectivity index (χ4v) is 3.38. The van der Waals surface area contributed by atoms with E-state index in [0.717, 1.165) is 11.3 Å². The molecular weight excluding hydrogens is 480 g/mol. The van der Waals surface area contributed by atoms with E-state index in [2.05, 4.69) is 15.3 Å². The van der Waals surface area contributed by atoms with Crippen LogP contribution in [-0.4, -0.2) is 44.1 Å². The minimum Gasteiger partial charge on any atom is -0.443 e. The lowest BCUT2D eigenvalue weighted by Gasteiger charge is -2.24. The molecule has 0 saturated carbocycles. The molecule has 4 aromatic rings. The first kappa shape index (κ1) is 25.1. The third-order valence-corrected chi connectivity index (χ3v) is 5.08. The number of fused-ring (bicyclic) bond motifs is 1. The van der Waals surface area contributed by atoms with Gasteiger partial charge in [-0.05, 0) is 45.0 Å². The van der Waals surface area contributed by atoms with Crippen LogP contribution < -0.4 is 15.0 Å². The maximum absolute atomic E-state index is 12.5. The van der Waals surface area contributed by atoms with Gasteiger partial charge in [-0.15, -0.1) is 0 Å². The molecule has 0 atom stereocenters. The van der Waals surface area contributed by atoms with Gasteiger partial charge in [-0.3, -0.25) is 24.7 Å². The summed E-state index contributed by atoms with van der Waals surface area (Å²) in [6.07, 6.45) is 3.68. The number of ether oxygens (including phenoxy) is 2. The largest absolute Gasteiger partial charge is 0.443 e. The Morgan fingerprint density at radius 1 is 1.05 bits per heavy atom. The third-order valence-electron chi connectivity index (χ3n) is 5.08. The van der Waals surface area contributed by atoms with Crippen molar-refractivity contribution in [2.75, 3.05) is 17.3 Å². The Bertz CT molecular complexity index is 1460. The van der Waals surface area contributed by atoms with Gasteiger partial charge in [0.1, 0.15) is 11.4 Å². The topological polar surface area (TPSA) is 141 Å². The quantitative estimate of drug-likeness (QED) is 0.286. The Hall–Kier alpha value is -5.00. The van der Waals surface area contributed by atoms with Crippen molar-refractivity contribution in [3.8, 4) is 17.0 Å². The van der Waals surface area contributed by atoms with Gasteiger partial charge in [-0.1, -0.05) is 12.1 Å². The number of nitrogens with one attached hydrogen (secondary N) is 1. The SMILES string of the molecule is CN(C(=O)OC(C)(C)C)c1nccn2c(-c3ccc(NC(=O)Oc4ccc([N+](=O)[O-])cc4)cc3)cnc12. The van der Waals surface area contributed by atoms with Crippen LogP contribution in [0.2, 0.25) is 0 Å². The third kappa shape index (κ3) is 5.81. The normalized spacial score (nSPS) is 11.1. The van der Waals surface area contributed by atoms with Crippen LogP contribution in [0.5, 0.6) is 5.75 Å². The van der Waals surface area contributed by atoms with Gasteiger partial charge in [0.15, 0.2) is 11.5 Å². The number of carbonyl (C=O) groups is 2. The highest BCUT2D eigenvalue weighted by Crippen LogP contribution is 2.27. The van der Waals surface area contributed by atoms with E-state index < -0.39 is 22.7 Å². The highest BCUT2D eigenvalue weighted by atomic mass is 16.6. The number of aromatic nitrogens is 3. The van der Waals surface area contributed by atoms with Crippen LogP contribution in [0.4, 0.5) is 26.8 Å². The molecule has 0 aliphatic heterocycles. The van der Waals surface area contributed by atoms with Gasteiger partial charge in [0.05, 0.1) is 16.8 Å². The molecule has 2 amide bonds. The minimum atomic E-state index is -0.739. The predicted molar refractivity (Wildman–Crippen MR) is 136 cm³/mol. The zero-order valence-electron chi connectivity index (χ0n) is 20.5. The van der Waals surface area contributed by atoms with Crippen molar-refractivity contribution in [2.45, 2.75) is 26.4 Å². The Kier molecular flexibility index (Phi) is 6.74. The van der Waals surface area contributed by atoms with Crippen molar-refractivity contribution >= 4 is 35.0 Å². The van der Waals surface area contributed by atoms with Crippen LogP contribution in [0.15, 0.2) is 67.1 Å². The Morgan fingerprint density at radius 3 is 2.35 bits per heavy atom. The minimum absolute atomic E-state index is 0.102. The fraction of sp³-hybridized carbons (Fsp3) is 0.200. The molecule has 2 aromatic heterocycles. The van der Waals surface area contributed by atoms with Gasteiger partial charge < -0.3 is 9.47 Å². The number of imidazole rings is 1. The lowest BCUT2D eigenvalue weighted by atomic mass is 10.1. The van der Waals surface area contributed by atoms with E-state index in [1.165, 1.54) is 29.2 Å². The zero-order chi connectivity index (χ0) is 26.7. The van der Waals surface area contributed by atoms with Gasteiger partial charge in [0.25, 0.3) is 5.69 Å². The summed E-state index contributed by atoms with van der Waals surface area (Å²) in [5, 5.41) is 13.3. The Balaban J connectivity index is 1.48. The summed E-state index contributed by atoms with van der Waals surface area (Å²) in [5.74, 6) is 0.515. The summed E-state index contributed by atoms with van der Waals surface area (Å²) in [7, 11) is 1.57. The average molecular weight is 505 g/mol. The van der Waals surface area contributed by atoms with Crippen molar-refractivity contribution in [3.63, 3.8) is 0 Å². The zero-order valence-corrected chi connectivity index (χ0v) is 20.5. The van der Waals surface area contributed by atoms with Gasteiger partial charge in [0, 0.05) is 42.8 Å². The first-order valence-electron chi connectivity index (χ1n) is 11.1. The highest BCUT2D eigenvalue weighted by molar-refractivity contribution is 5.91. The first-order valence-corrected chi connectivity index (χ1v) is 11.1. The second-order valence-corrected chi connectivity index (χ2v) is 8.97. The fourth-order valence-electron chi connectivity index (χ4n) is 3.38. The number of nitrogens with zero attached hydrogens (tertiary/aromatic N) is 5. The molecule has 0 radical (unpaired) electrons. The van der Waals surface area contributed by atoms with E-state index in [1.807, 2.05) is 0 Å². The first-order chi connectivity index (χ1) is 17.5. The van der Waals surface area contributed by atoms with Crippen molar-refractivity contribution in [3.05, 3.63) is 77.2 Å².